The maximum Gasteiger partial charge on any atom is 0.261 e. The lowest BCUT2D eigenvalue weighted by Crippen LogP contribution is -2.29. The van der Waals surface area contributed by atoms with Gasteiger partial charge in [0.15, 0.2) is 0 Å². The fourth-order valence-corrected chi connectivity index (χ4v) is 4.39. The van der Waals surface area contributed by atoms with E-state index in [9.17, 15) is 9.59 Å². The van der Waals surface area contributed by atoms with Gasteiger partial charge in [-0.1, -0.05) is 86.7 Å². The van der Waals surface area contributed by atoms with Gasteiger partial charge in [0.1, 0.15) is 0 Å². The number of fused-ring (bicyclic) bond motifs is 1. The molecule has 3 aromatic rings. The lowest BCUT2D eigenvalue weighted by molar-refractivity contribution is 0.0642. The number of nitrogens with zero attached hydrogens (tertiary/aromatic N) is 2. The monoisotopic (exact) mass is 452 g/mol. The van der Waals surface area contributed by atoms with Gasteiger partial charge in [-0.3, -0.25) is 19.4 Å². The third kappa shape index (κ3) is 5.52. The summed E-state index contributed by atoms with van der Waals surface area (Å²) in [5.74, 6) is -0.443. The topological polar surface area (TPSA) is 40.6 Å². The van der Waals surface area contributed by atoms with Crippen LogP contribution in [0.3, 0.4) is 0 Å². The molecule has 1 heterocycles. The van der Waals surface area contributed by atoms with Crippen LogP contribution in [0.5, 0.6) is 0 Å². The van der Waals surface area contributed by atoms with Crippen molar-refractivity contribution in [2.75, 3.05) is 13.1 Å². The Labute approximate surface area is 202 Å². The van der Waals surface area contributed by atoms with Gasteiger partial charge in [-0.2, -0.15) is 0 Å². The quantitative estimate of drug-likeness (QED) is 0.269. The largest absolute Gasteiger partial charge is 0.299 e. The van der Waals surface area contributed by atoms with E-state index in [4.69, 9.17) is 0 Å². The zero-order valence-corrected chi connectivity index (χ0v) is 20.0. The zero-order valence-electron chi connectivity index (χ0n) is 20.0. The minimum absolute atomic E-state index is 0.222. The van der Waals surface area contributed by atoms with Crippen molar-refractivity contribution in [1.82, 2.24) is 9.80 Å². The molecule has 3 aromatic carbocycles. The number of benzene rings is 3. The number of hydrogen-bond donors (Lipinski definition) is 0. The van der Waals surface area contributed by atoms with Crippen LogP contribution in [0.25, 0.3) is 12.2 Å². The Morgan fingerprint density at radius 1 is 0.676 bits per heavy atom. The summed E-state index contributed by atoms with van der Waals surface area (Å²) in [5, 5.41) is 0. The molecule has 2 amide bonds. The second kappa shape index (κ2) is 11.1. The van der Waals surface area contributed by atoms with Crippen molar-refractivity contribution in [1.29, 1.82) is 0 Å². The summed E-state index contributed by atoms with van der Waals surface area (Å²) in [6, 6.07) is 23.7. The molecular formula is C30H32N2O2. The molecule has 0 bridgehead atoms. The highest BCUT2D eigenvalue weighted by atomic mass is 16.2. The van der Waals surface area contributed by atoms with E-state index in [1.807, 2.05) is 24.3 Å². The Morgan fingerprint density at radius 2 is 1.15 bits per heavy atom. The molecule has 0 aromatic heterocycles. The third-order valence-corrected chi connectivity index (χ3v) is 6.13. The van der Waals surface area contributed by atoms with Crippen molar-refractivity contribution in [3.8, 4) is 0 Å². The summed E-state index contributed by atoms with van der Waals surface area (Å²) < 4.78 is 0. The summed E-state index contributed by atoms with van der Waals surface area (Å²) in [6.45, 7) is 8.02. The summed E-state index contributed by atoms with van der Waals surface area (Å²) in [6.07, 6.45) is 6.55. The molecule has 34 heavy (non-hydrogen) atoms. The van der Waals surface area contributed by atoms with Crippen molar-refractivity contribution in [3.63, 3.8) is 0 Å². The predicted molar refractivity (Wildman–Crippen MR) is 138 cm³/mol. The number of carbonyl (C=O) groups is 2. The van der Waals surface area contributed by atoms with E-state index in [-0.39, 0.29) is 18.4 Å². The molecule has 0 fully saturated rings. The SMILES string of the molecule is CCCN(CCC)Cc1ccc(/C=C/c2ccc(CN3C(=O)c4ccccc4C3=O)cc2)cc1. The lowest BCUT2D eigenvalue weighted by Gasteiger charge is -2.20. The highest BCUT2D eigenvalue weighted by molar-refractivity contribution is 6.21. The van der Waals surface area contributed by atoms with Gasteiger partial charge in [-0.15, -0.1) is 0 Å². The smallest absolute Gasteiger partial charge is 0.261 e. The molecule has 0 radical (unpaired) electrons. The standard InChI is InChI=1S/C30H32N2O2/c1-3-19-31(20-4-2)21-25-15-11-23(12-16-25)9-10-24-13-17-26(18-14-24)22-32-29(33)27-7-5-6-8-28(27)30(32)34/h5-18H,3-4,19-22H2,1-2H3/b10-9+. The second-order valence-corrected chi connectivity index (χ2v) is 8.83. The molecule has 0 saturated heterocycles. The highest BCUT2D eigenvalue weighted by Gasteiger charge is 2.34. The van der Waals surface area contributed by atoms with E-state index in [0.29, 0.717) is 11.1 Å². The number of hydrogen-bond acceptors (Lipinski definition) is 3. The zero-order chi connectivity index (χ0) is 23.9. The number of imide groups is 1. The second-order valence-electron chi connectivity index (χ2n) is 8.83. The van der Waals surface area contributed by atoms with Crippen molar-refractivity contribution in [3.05, 3.63) is 106 Å². The van der Waals surface area contributed by atoms with Crippen molar-refractivity contribution < 1.29 is 9.59 Å². The number of amides is 2. The van der Waals surface area contributed by atoms with E-state index >= 15 is 0 Å². The van der Waals surface area contributed by atoms with Gasteiger partial charge in [0.05, 0.1) is 17.7 Å². The lowest BCUT2D eigenvalue weighted by atomic mass is 10.1. The third-order valence-electron chi connectivity index (χ3n) is 6.13. The summed E-state index contributed by atoms with van der Waals surface area (Å²) in [4.78, 5) is 29.0. The Bertz CT molecular complexity index is 1120. The predicted octanol–water partition coefficient (Wildman–Crippen LogP) is 6.28. The molecule has 4 nitrogen and oxygen atoms in total. The summed E-state index contributed by atoms with van der Waals surface area (Å²) >= 11 is 0. The number of rotatable bonds is 10. The fraction of sp³-hybridized carbons (Fsp3) is 0.267. The maximum atomic E-state index is 12.6. The summed E-state index contributed by atoms with van der Waals surface area (Å²) in [7, 11) is 0. The minimum atomic E-state index is -0.222. The van der Waals surface area contributed by atoms with Gasteiger partial charge in [0.25, 0.3) is 11.8 Å². The molecule has 4 heteroatoms. The molecule has 4 rings (SSSR count). The number of carbonyl (C=O) groups excluding carboxylic acids is 2. The Hall–Kier alpha value is -3.50. The van der Waals surface area contributed by atoms with Gasteiger partial charge in [0.2, 0.25) is 0 Å². The first-order valence-electron chi connectivity index (χ1n) is 12.1. The first kappa shape index (κ1) is 23.7. The maximum absolute atomic E-state index is 12.6. The molecule has 0 atom stereocenters. The van der Waals surface area contributed by atoms with Crippen LogP contribution in [0.1, 0.15) is 69.7 Å². The Balaban J connectivity index is 1.35. The Kier molecular flexibility index (Phi) is 7.71. The molecule has 1 aliphatic rings. The van der Waals surface area contributed by atoms with E-state index in [0.717, 1.165) is 36.3 Å². The molecule has 0 saturated carbocycles. The van der Waals surface area contributed by atoms with Crippen molar-refractivity contribution in [2.24, 2.45) is 0 Å². The normalized spacial score (nSPS) is 13.3. The van der Waals surface area contributed by atoms with Crippen LogP contribution < -0.4 is 0 Å². The molecule has 0 spiro atoms. The van der Waals surface area contributed by atoms with E-state index in [2.05, 4.69) is 55.2 Å². The van der Waals surface area contributed by atoms with Gasteiger partial charge in [-0.05, 0) is 60.3 Å². The van der Waals surface area contributed by atoms with Crippen LogP contribution in [0.15, 0.2) is 72.8 Å². The molecule has 1 aliphatic heterocycles. The van der Waals surface area contributed by atoms with Crippen LogP contribution in [-0.2, 0) is 13.1 Å². The first-order valence-corrected chi connectivity index (χ1v) is 12.1. The van der Waals surface area contributed by atoms with Crippen molar-refractivity contribution >= 4 is 24.0 Å². The van der Waals surface area contributed by atoms with Crippen LogP contribution in [0.4, 0.5) is 0 Å². The highest BCUT2D eigenvalue weighted by Crippen LogP contribution is 2.24. The fourth-order valence-electron chi connectivity index (χ4n) is 4.39. The molecule has 174 valence electrons. The molecule has 0 aliphatic carbocycles. The average molecular weight is 453 g/mol. The van der Waals surface area contributed by atoms with Crippen LogP contribution in [-0.4, -0.2) is 34.7 Å². The van der Waals surface area contributed by atoms with Gasteiger partial charge in [-0.25, -0.2) is 0 Å². The van der Waals surface area contributed by atoms with Gasteiger partial charge >= 0.3 is 0 Å². The minimum Gasteiger partial charge on any atom is -0.299 e. The van der Waals surface area contributed by atoms with Crippen molar-refractivity contribution in [2.45, 2.75) is 39.8 Å². The molecule has 0 unspecified atom stereocenters. The molecule has 0 N–H and O–H groups in total. The molecular weight excluding hydrogens is 420 g/mol. The van der Waals surface area contributed by atoms with Crippen LogP contribution >= 0.6 is 0 Å². The summed E-state index contributed by atoms with van der Waals surface area (Å²) in [5.41, 5.74) is 5.49. The average Bonchev–Trinajstić information content (AvgIpc) is 3.10. The Morgan fingerprint density at radius 3 is 1.62 bits per heavy atom. The van der Waals surface area contributed by atoms with Gasteiger partial charge in [0, 0.05) is 6.54 Å². The first-order chi connectivity index (χ1) is 16.6. The van der Waals surface area contributed by atoms with Crippen LogP contribution in [0.2, 0.25) is 0 Å². The van der Waals surface area contributed by atoms with E-state index in [1.54, 1.807) is 24.3 Å². The van der Waals surface area contributed by atoms with E-state index < -0.39 is 0 Å². The van der Waals surface area contributed by atoms with E-state index in [1.165, 1.54) is 23.3 Å². The van der Waals surface area contributed by atoms with Crippen LogP contribution in [0, 0.1) is 0 Å². The van der Waals surface area contributed by atoms with Gasteiger partial charge < -0.3 is 0 Å².